The van der Waals surface area contributed by atoms with Crippen LogP contribution < -0.4 is 5.43 Å². The van der Waals surface area contributed by atoms with Crippen molar-refractivity contribution < 1.29 is 4.79 Å². The molecule has 4 nitrogen and oxygen atoms in total. The molecule has 0 spiro atoms. The second kappa shape index (κ2) is 6.80. The Kier molecular flexibility index (Phi) is 4.74. The Morgan fingerprint density at radius 3 is 2.71 bits per heavy atom. The number of nitrogens with zero attached hydrogens (tertiary/aromatic N) is 1. The summed E-state index contributed by atoms with van der Waals surface area (Å²) in [7, 11) is 0. The summed E-state index contributed by atoms with van der Waals surface area (Å²) in [5, 5.41) is 0.577. The van der Waals surface area contributed by atoms with Crippen molar-refractivity contribution in [1.29, 1.82) is 0 Å². The lowest BCUT2D eigenvalue weighted by molar-refractivity contribution is 0.0630. The van der Waals surface area contributed by atoms with Gasteiger partial charge in [-0.3, -0.25) is 9.59 Å². The number of H-pyrrole nitrogens is 1. The summed E-state index contributed by atoms with van der Waals surface area (Å²) < 4.78 is 0. The van der Waals surface area contributed by atoms with Gasteiger partial charge in [0.25, 0.3) is 5.91 Å². The average Bonchev–Trinajstić information content (AvgIpc) is 2.77. The van der Waals surface area contributed by atoms with Gasteiger partial charge in [-0.25, -0.2) is 0 Å². The van der Waals surface area contributed by atoms with Gasteiger partial charge in [-0.2, -0.15) is 0 Å². The van der Waals surface area contributed by atoms with Crippen LogP contribution in [0.25, 0.3) is 10.9 Å². The molecule has 1 aromatic carbocycles. The van der Waals surface area contributed by atoms with Crippen LogP contribution in [0.15, 0.2) is 35.3 Å². The van der Waals surface area contributed by atoms with Crippen LogP contribution in [-0.4, -0.2) is 28.4 Å². The maximum atomic E-state index is 13.1. The Bertz CT molecular complexity index is 794. The van der Waals surface area contributed by atoms with Gasteiger partial charge in [-0.1, -0.05) is 32.9 Å². The first-order valence-corrected chi connectivity index (χ1v) is 8.90. The zero-order valence-corrected chi connectivity index (χ0v) is 14.7. The highest BCUT2D eigenvalue weighted by atomic mass is 16.2. The van der Waals surface area contributed by atoms with Gasteiger partial charge in [0.2, 0.25) is 5.43 Å². The minimum absolute atomic E-state index is 0.130. The molecule has 0 aliphatic carbocycles. The van der Waals surface area contributed by atoms with Crippen molar-refractivity contribution in [3.05, 3.63) is 46.2 Å². The van der Waals surface area contributed by atoms with E-state index in [1.165, 1.54) is 0 Å². The fourth-order valence-corrected chi connectivity index (χ4v) is 3.71. The number of pyridine rings is 1. The number of nitrogens with one attached hydrogen (secondary N) is 1. The smallest absolute Gasteiger partial charge is 0.259 e. The molecule has 4 heteroatoms. The fourth-order valence-electron chi connectivity index (χ4n) is 3.71. The summed E-state index contributed by atoms with van der Waals surface area (Å²) in [5.41, 5.74) is 0.854. The Balaban J connectivity index is 2.00. The number of hydrogen-bond donors (Lipinski definition) is 1. The standard InChI is InChI=1S/C20H26N2O2/c1-13(2)18-9-8-14(3)10-11-22(18)20(24)16-12-21-17-7-5-4-6-15(17)19(16)23/h4-7,12-14,18H,8-11H2,1-3H3,(H,21,23)/t14-,18-/m1/s1. The molecule has 24 heavy (non-hydrogen) atoms. The van der Waals surface area contributed by atoms with Crippen LogP contribution in [0, 0.1) is 11.8 Å². The van der Waals surface area contributed by atoms with Crippen molar-refractivity contribution in [3.63, 3.8) is 0 Å². The van der Waals surface area contributed by atoms with E-state index in [-0.39, 0.29) is 22.9 Å². The number of benzene rings is 1. The fraction of sp³-hybridized carbons (Fsp3) is 0.500. The molecule has 128 valence electrons. The van der Waals surface area contributed by atoms with E-state index in [0.717, 1.165) is 31.3 Å². The van der Waals surface area contributed by atoms with Crippen LogP contribution in [-0.2, 0) is 0 Å². The molecule has 1 aliphatic rings. The maximum absolute atomic E-state index is 13.1. The van der Waals surface area contributed by atoms with E-state index >= 15 is 0 Å². The zero-order valence-electron chi connectivity index (χ0n) is 14.7. The Hall–Kier alpha value is -2.10. The molecule has 1 amide bonds. The van der Waals surface area contributed by atoms with E-state index in [1.54, 1.807) is 12.3 Å². The zero-order chi connectivity index (χ0) is 17.3. The molecule has 0 radical (unpaired) electrons. The van der Waals surface area contributed by atoms with Gasteiger partial charge in [-0.05, 0) is 43.2 Å². The normalized spacial score (nSPS) is 21.9. The minimum Gasteiger partial charge on any atom is -0.360 e. The lowest BCUT2D eigenvalue weighted by Gasteiger charge is -2.32. The first kappa shape index (κ1) is 16.7. The molecule has 0 bridgehead atoms. The van der Waals surface area contributed by atoms with Gasteiger partial charge in [-0.15, -0.1) is 0 Å². The molecule has 1 aliphatic heterocycles. The van der Waals surface area contributed by atoms with Gasteiger partial charge in [0, 0.05) is 29.7 Å². The number of aromatic amines is 1. The van der Waals surface area contributed by atoms with Crippen molar-refractivity contribution >= 4 is 16.8 Å². The van der Waals surface area contributed by atoms with E-state index in [1.807, 2.05) is 23.1 Å². The van der Waals surface area contributed by atoms with Crippen LogP contribution in [0.2, 0.25) is 0 Å². The number of hydrogen-bond acceptors (Lipinski definition) is 2. The second-order valence-electron chi connectivity index (χ2n) is 7.36. The molecule has 2 atom stereocenters. The van der Waals surface area contributed by atoms with Crippen molar-refractivity contribution in [2.24, 2.45) is 11.8 Å². The number of para-hydroxylation sites is 1. The number of carbonyl (C=O) groups is 1. The highest BCUT2D eigenvalue weighted by Gasteiger charge is 2.31. The molecule has 1 N–H and O–H groups in total. The van der Waals surface area contributed by atoms with Gasteiger partial charge in [0.1, 0.15) is 5.56 Å². The predicted octanol–water partition coefficient (Wildman–Crippen LogP) is 3.81. The van der Waals surface area contributed by atoms with Crippen LogP contribution in [0.4, 0.5) is 0 Å². The van der Waals surface area contributed by atoms with Crippen molar-refractivity contribution in [2.45, 2.75) is 46.1 Å². The van der Waals surface area contributed by atoms with Crippen molar-refractivity contribution in [1.82, 2.24) is 9.88 Å². The summed E-state index contributed by atoms with van der Waals surface area (Å²) in [6, 6.07) is 7.54. The molecular weight excluding hydrogens is 300 g/mol. The first-order valence-electron chi connectivity index (χ1n) is 8.90. The molecule has 2 aromatic rings. The third-order valence-electron chi connectivity index (χ3n) is 5.27. The van der Waals surface area contributed by atoms with Gasteiger partial charge >= 0.3 is 0 Å². The first-order chi connectivity index (χ1) is 11.5. The predicted molar refractivity (Wildman–Crippen MR) is 97.2 cm³/mol. The van der Waals surface area contributed by atoms with Crippen LogP contribution in [0.3, 0.4) is 0 Å². The van der Waals surface area contributed by atoms with Crippen molar-refractivity contribution in [2.75, 3.05) is 6.54 Å². The third-order valence-corrected chi connectivity index (χ3v) is 5.27. The summed E-state index contributed by atoms with van der Waals surface area (Å²) in [5.74, 6) is 0.882. The third kappa shape index (κ3) is 3.10. The van der Waals surface area contributed by atoms with Crippen LogP contribution in [0.1, 0.15) is 50.4 Å². The summed E-state index contributed by atoms with van der Waals surface area (Å²) in [6.45, 7) is 7.29. The summed E-state index contributed by atoms with van der Waals surface area (Å²) in [6.07, 6.45) is 4.73. The van der Waals surface area contributed by atoms with E-state index in [0.29, 0.717) is 17.2 Å². The number of rotatable bonds is 2. The molecule has 1 saturated heterocycles. The maximum Gasteiger partial charge on any atom is 0.259 e. The minimum atomic E-state index is -0.172. The number of fused-ring (bicyclic) bond motifs is 1. The molecule has 3 rings (SSSR count). The monoisotopic (exact) mass is 326 g/mol. The van der Waals surface area contributed by atoms with E-state index in [2.05, 4.69) is 25.8 Å². The quantitative estimate of drug-likeness (QED) is 0.912. The average molecular weight is 326 g/mol. The summed E-state index contributed by atoms with van der Waals surface area (Å²) >= 11 is 0. The number of carbonyl (C=O) groups excluding carboxylic acids is 1. The summed E-state index contributed by atoms with van der Waals surface area (Å²) in [4.78, 5) is 31.0. The number of amides is 1. The lowest BCUT2D eigenvalue weighted by atomic mass is 9.95. The Labute approximate surface area is 142 Å². The van der Waals surface area contributed by atoms with Gasteiger partial charge in [0.15, 0.2) is 0 Å². The van der Waals surface area contributed by atoms with E-state index in [4.69, 9.17) is 0 Å². The lowest BCUT2D eigenvalue weighted by Crippen LogP contribution is -2.44. The SMILES string of the molecule is CC(C)[C@H]1CC[C@@H](C)CCN1C(=O)c1c[nH]c2ccccc2c1=O. The van der Waals surface area contributed by atoms with Gasteiger partial charge in [0.05, 0.1) is 0 Å². The topological polar surface area (TPSA) is 53.2 Å². The van der Waals surface area contributed by atoms with E-state index in [9.17, 15) is 9.59 Å². The number of likely N-dealkylation sites (tertiary alicyclic amines) is 1. The molecule has 0 saturated carbocycles. The molecule has 1 fully saturated rings. The molecule has 0 unspecified atom stereocenters. The largest absolute Gasteiger partial charge is 0.360 e. The van der Waals surface area contributed by atoms with Crippen LogP contribution in [0.5, 0.6) is 0 Å². The Morgan fingerprint density at radius 1 is 1.21 bits per heavy atom. The Morgan fingerprint density at radius 2 is 1.96 bits per heavy atom. The van der Waals surface area contributed by atoms with E-state index < -0.39 is 0 Å². The molecular formula is C20H26N2O2. The van der Waals surface area contributed by atoms with Crippen LogP contribution >= 0.6 is 0 Å². The van der Waals surface area contributed by atoms with Crippen molar-refractivity contribution in [3.8, 4) is 0 Å². The van der Waals surface area contributed by atoms with Gasteiger partial charge < -0.3 is 9.88 Å². The number of aromatic nitrogens is 1. The highest BCUT2D eigenvalue weighted by molar-refractivity contribution is 5.97. The highest BCUT2D eigenvalue weighted by Crippen LogP contribution is 2.27. The second-order valence-corrected chi connectivity index (χ2v) is 7.36. The molecule has 1 aromatic heterocycles. The molecule has 2 heterocycles.